The maximum atomic E-state index is 13.7. The van der Waals surface area contributed by atoms with Gasteiger partial charge in [-0.2, -0.15) is 0 Å². The van der Waals surface area contributed by atoms with Crippen LogP contribution in [0.5, 0.6) is 0 Å². The van der Waals surface area contributed by atoms with E-state index in [0.29, 0.717) is 42.1 Å². The highest BCUT2D eigenvalue weighted by Gasteiger charge is 2.26. The third-order valence-electron chi connectivity index (χ3n) is 3.46. The lowest BCUT2D eigenvalue weighted by Crippen LogP contribution is -2.38. The lowest BCUT2D eigenvalue weighted by atomic mass is 10.1. The molecule has 0 saturated carbocycles. The zero-order valence-electron chi connectivity index (χ0n) is 11.9. The largest absolute Gasteiger partial charge is 0.424 e. The van der Waals surface area contributed by atoms with E-state index < -0.39 is 5.82 Å². The highest BCUT2D eigenvalue weighted by atomic mass is 35.5. The van der Waals surface area contributed by atoms with E-state index in [0.717, 1.165) is 6.54 Å². The minimum absolute atomic E-state index is 0.00255. The fourth-order valence-corrected chi connectivity index (χ4v) is 2.92. The van der Waals surface area contributed by atoms with Crippen LogP contribution in [0.3, 0.4) is 0 Å². The molecule has 1 aromatic heterocycles. The van der Waals surface area contributed by atoms with E-state index in [2.05, 4.69) is 15.1 Å². The molecule has 1 aliphatic heterocycles. The van der Waals surface area contributed by atoms with Gasteiger partial charge in [0, 0.05) is 30.6 Å². The van der Waals surface area contributed by atoms with Crippen molar-refractivity contribution >= 4 is 23.2 Å². The summed E-state index contributed by atoms with van der Waals surface area (Å²) in [4.78, 5) is 2.10. The maximum Gasteiger partial charge on any atom is 0.230 e. The number of hydrogen-bond acceptors (Lipinski definition) is 5. The van der Waals surface area contributed by atoms with E-state index in [-0.39, 0.29) is 11.1 Å². The summed E-state index contributed by atoms with van der Waals surface area (Å²) in [6.45, 7) is 4.06. The van der Waals surface area contributed by atoms with E-state index >= 15 is 0 Å². The molecule has 0 N–H and O–H groups in total. The van der Waals surface area contributed by atoms with Crippen LogP contribution in [0, 0.1) is 12.7 Å². The second kappa shape index (κ2) is 6.50. The van der Waals surface area contributed by atoms with Crippen LogP contribution in [-0.2, 0) is 11.3 Å². The minimum Gasteiger partial charge on any atom is -0.424 e. The van der Waals surface area contributed by atoms with E-state index in [1.165, 1.54) is 12.1 Å². The Kier molecular flexibility index (Phi) is 4.63. The molecule has 2 heterocycles. The number of halogens is 3. The molecule has 118 valence electrons. The molecular weight excluding hydrogens is 332 g/mol. The molecule has 0 bridgehead atoms. The number of benzene rings is 1. The van der Waals surface area contributed by atoms with Crippen molar-refractivity contribution in [1.82, 2.24) is 15.1 Å². The summed E-state index contributed by atoms with van der Waals surface area (Å²) in [5.41, 5.74) is 0.593. The van der Waals surface area contributed by atoms with Gasteiger partial charge in [-0.15, -0.1) is 10.2 Å². The third-order valence-corrected chi connectivity index (χ3v) is 4.08. The molecule has 2 aromatic rings. The molecule has 1 fully saturated rings. The molecule has 1 unspecified atom stereocenters. The fourth-order valence-electron chi connectivity index (χ4n) is 2.41. The zero-order valence-corrected chi connectivity index (χ0v) is 13.4. The van der Waals surface area contributed by atoms with Crippen LogP contribution in [0.25, 0.3) is 0 Å². The Balaban J connectivity index is 1.74. The summed E-state index contributed by atoms with van der Waals surface area (Å²) < 4.78 is 24.8. The van der Waals surface area contributed by atoms with Gasteiger partial charge in [-0.05, 0) is 12.1 Å². The van der Waals surface area contributed by atoms with Crippen molar-refractivity contribution in [1.29, 1.82) is 0 Å². The van der Waals surface area contributed by atoms with Crippen molar-refractivity contribution in [3.63, 3.8) is 0 Å². The van der Waals surface area contributed by atoms with Crippen LogP contribution in [0.15, 0.2) is 16.5 Å². The Morgan fingerprint density at radius 3 is 2.86 bits per heavy atom. The van der Waals surface area contributed by atoms with Crippen LogP contribution >= 0.6 is 23.2 Å². The Hall–Kier alpha value is -1.21. The van der Waals surface area contributed by atoms with Gasteiger partial charge in [-0.3, -0.25) is 4.90 Å². The maximum absolute atomic E-state index is 13.7. The van der Waals surface area contributed by atoms with Crippen molar-refractivity contribution in [2.75, 3.05) is 19.7 Å². The molecule has 0 aliphatic carbocycles. The average Bonchev–Trinajstić information content (AvgIpc) is 2.88. The van der Waals surface area contributed by atoms with Gasteiger partial charge >= 0.3 is 0 Å². The van der Waals surface area contributed by atoms with Crippen molar-refractivity contribution in [2.45, 2.75) is 19.6 Å². The van der Waals surface area contributed by atoms with Gasteiger partial charge in [-0.1, -0.05) is 23.2 Å². The molecule has 1 aromatic carbocycles. The molecule has 0 radical (unpaired) electrons. The lowest BCUT2D eigenvalue weighted by molar-refractivity contribution is -0.0353. The van der Waals surface area contributed by atoms with Gasteiger partial charge in [0.15, 0.2) is 0 Å². The number of aryl methyl sites for hydroxylation is 1. The molecule has 3 rings (SSSR count). The topological polar surface area (TPSA) is 51.4 Å². The van der Waals surface area contributed by atoms with Gasteiger partial charge in [-0.25, -0.2) is 4.39 Å². The molecule has 5 nitrogen and oxygen atoms in total. The van der Waals surface area contributed by atoms with Crippen LogP contribution in [-0.4, -0.2) is 34.8 Å². The lowest BCUT2D eigenvalue weighted by Gasteiger charge is -2.32. The summed E-state index contributed by atoms with van der Waals surface area (Å²) in [6, 6.07) is 2.73. The first kappa shape index (κ1) is 15.7. The Labute approximate surface area is 137 Å². The van der Waals surface area contributed by atoms with Gasteiger partial charge in [0.05, 0.1) is 24.3 Å². The van der Waals surface area contributed by atoms with Gasteiger partial charge in [0.25, 0.3) is 0 Å². The van der Waals surface area contributed by atoms with E-state index in [9.17, 15) is 4.39 Å². The highest BCUT2D eigenvalue weighted by Crippen LogP contribution is 2.32. The summed E-state index contributed by atoms with van der Waals surface area (Å²) >= 11 is 11.9. The molecule has 1 atom stereocenters. The van der Waals surface area contributed by atoms with Crippen molar-refractivity contribution in [2.24, 2.45) is 0 Å². The first-order valence-corrected chi connectivity index (χ1v) is 7.56. The molecule has 1 saturated heterocycles. The zero-order chi connectivity index (χ0) is 15.7. The third kappa shape index (κ3) is 3.41. The molecule has 0 amide bonds. The van der Waals surface area contributed by atoms with Crippen LogP contribution in [0.4, 0.5) is 4.39 Å². The van der Waals surface area contributed by atoms with E-state index in [4.69, 9.17) is 32.4 Å². The summed E-state index contributed by atoms with van der Waals surface area (Å²) in [7, 11) is 0. The first-order chi connectivity index (χ1) is 10.5. The highest BCUT2D eigenvalue weighted by molar-refractivity contribution is 6.35. The second-order valence-electron chi connectivity index (χ2n) is 5.10. The van der Waals surface area contributed by atoms with Crippen LogP contribution < -0.4 is 0 Å². The molecule has 0 spiro atoms. The SMILES string of the molecule is Cc1nnc(CN2CCOC(c3cc(F)c(Cl)cc3Cl)C2)o1. The van der Waals surface area contributed by atoms with Crippen molar-refractivity contribution < 1.29 is 13.5 Å². The quantitative estimate of drug-likeness (QED) is 0.798. The Morgan fingerprint density at radius 2 is 2.14 bits per heavy atom. The van der Waals surface area contributed by atoms with Crippen molar-refractivity contribution in [3.05, 3.63) is 45.3 Å². The number of aromatic nitrogens is 2. The van der Waals surface area contributed by atoms with E-state index in [1.807, 2.05) is 0 Å². The molecular formula is C14H14Cl2FN3O2. The smallest absolute Gasteiger partial charge is 0.230 e. The van der Waals surface area contributed by atoms with Crippen LogP contribution in [0.1, 0.15) is 23.4 Å². The molecule has 8 heteroatoms. The normalized spacial score (nSPS) is 19.5. The van der Waals surface area contributed by atoms with E-state index in [1.54, 1.807) is 6.92 Å². The van der Waals surface area contributed by atoms with Gasteiger partial charge in [0.2, 0.25) is 11.8 Å². The summed E-state index contributed by atoms with van der Waals surface area (Å²) in [5.74, 6) is 0.573. The number of hydrogen-bond donors (Lipinski definition) is 0. The first-order valence-electron chi connectivity index (χ1n) is 6.80. The van der Waals surface area contributed by atoms with Gasteiger partial charge in [0.1, 0.15) is 5.82 Å². The number of rotatable bonds is 3. The van der Waals surface area contributed by atoms with Crippen LogP contribution in [0.2, 0.25) is 10.0 Å². The number of morpholine rings is 1. The number of nitrogens with zero attached hydrogens (tertiary/aromatic N) is 3. The molecule has 22 heavy (non-hydrogen) atoms. The second-order valence-corrected chi connectivity index (χ2v) is 5.91. The van der Waals surface area contributed by atoms with Crippen molar-refractivity contribution in [3.8, 4) is 0 Å². The van der Waals surface area contributed by atoms with Gasteiger partial charge < -0.3 is 9.15 Å². The average molecular weight is 346 g/mol. The Morgan fingerprint density at radius 1 is 1.32 bits per heavy atom. The summed E-state index contributed by atoms with van der Waals surface area (Å²) in [5, 5.41) is 8.18. The number of ether oxygens (including phenoxy) is 1. The summed E-state index contributed by atoms with van der Waals surface area (Å²) in [6.07, 6.45) is -0.322. The standard InChI is InChI=1S/C14H14Cl2FN3O2/c1-8-18-19-14(22-8)7-20-2-3-21-13(6-20)9-4-12(17)11(16)5-10(9)15/h4-5,13H,2-3,6-7H2,1H3. The predicted molar refractivity (Wildman–Crippen MR) is 79.4 cm³/mol. The fraction of sp³-hybridized carbons (Fsp3) is 0.429. The minimum atomic E-state index is -0.505. The molecule has 1 aliphatic rings. The monoisotopic (exact) mass is 345 g/mol. The Bertz CT molecular complexity index is 680. The predicted octanol–water partition coefficient (Wildman–Crippen LogP) is 3.40.